The lowest BCUT2D eigenvalue weighted by Gasteiger charge is -2.11. The molecule has 0 spiro atoms. The largest absolute Gasteiger partial charge is 0.398 e. The average Bonchev–Trinajstić information content (AvgIpc) is 3.01. The third-order valence-corrected chi connectivity index (χ3v) is 6.17. The number of hydrogen-bond acceptors (Lipinski definition) is 6. The van der Waals surface area contributed by atoms with Crippen LogP contribution < -0.4 is 5.73 Å². The van der Waals surface area contributed by atoms with E-state index in [9.17, 15) is 8.42 Å². The van der Waals surface area contributed by atoms with E-state index < -0.39 is 15.1 Å². The molecule has 1 aliphatic rings. The molecule has 8 heteroatoms. The molecule has 2 aromatic rings. The zero-order chi connectivity index (χ0) is 15.0. The molecular formula is C13H17N5O2S. The quantitative estimate of drug-likeness (QED) is 0.841. The van der Waals surface area contributed by atoms with Crippen LogP contribution in [0.5, 0.6) is 0 Å². The normalized spacial score (nSPS) is 20.7. The van der Waals surface area contributed by atoms with Crippen molar-refractivity contribution in [3.05, 3.63) is 23.8 Å². The number of rotatable bonds is 3. The molecule has 0 bridgehead atoms. The first-order valence-corrected chi connectivity index (χ1v) is 8.53. The number of nitrogens with zero attached hydrogens (tertiary/aromatic N) is 4. The smallest absolute Gasteiger partial charge is 0.182 e. The van der Waals surface area contributed by atoms with Crippen LogP contribution in [0.4, 0.5) is 5.69 Å². The van der Waals surface area contributed by atoms with Crippen LogP contribution in [-0.2, 0) is 16.4 Å². The Balaban J connectivity index is 1.92. The number of nitrogens with two attached hydrogens (primary N) is 1. The SMILES string of the molecule is Cc1ccc(-c2nnnn2CC2CCCS2(=O)=O)cc1N. The van der Waals surface area contributed by atoms with Gasteiger partial charge in [-0.3, -0.25) is 0 Å². The van der Waals surface area contributed by atoms with Crippen molar-refractivity contribution >= 4 is 15.5 Å². The summed E-state index contributed by atoms with van der Waals surface area (Å²) in [5.74, 6) is 0.802. The first kappa shape index (κ1) is 14.0. The molecule has 1 saturated heterocycles. The van der Waals surface area contributed by atoms with E-state index in [1.165, 1.54) is 0 Å². The Bertz CT molecular complexity index is 769. The van der Waals surface area contributed by atoms with Crippen LogP contribution in [0.25, 0.3) is 11.4 Å². The van der Waals surface area contributed by atoms with Crippen molar-refractivity contribution in [1.82, 2.24) is 20.2 Å². The minimum atomic E-state index is -3.02. The van der Waals surface area contributed by atoms with Gasteiger partial charge in [0.05, 0.1) is 17.5 Å². The zero-order valence-electron chi connectivity index (χ0n) is 11.7. The number of nitrogen functional groups attached to an aromatic ring is 1. The number of aryl methyl sites for hydroxylation is 1. The summed E-state index contributed by atoms with van der Waals surface area (Å²) in [5, 5.41) is 11.2. The van der Waals surface area contributed by atoms with Gasteiger partial charge in [0.25, 0.3) is 0 Å². The lowest BCUT2D eigenvalue weighted by atomic mass is 10.1. The Morgan fingerprint density at radius 3 is 2.90 bits per heavy atom. The van der Waals surface area contributed by atoms with Crippen molar-refractivity contribution in [3.63, 3.8) is 0 Å². The maximum atomic E-state index is 11.9. The van der Waals surface area contributed by atoms with Gasteiger partial charge in [0.15, 0.2) is 15.7 Å². The minimum Gasteiger partial charge on any atom is -0.398 e. The predicted molar refractivity (Wildman–Crippen MR) is 79.2 cm³/mol. The summed E-state index contributed by atoms with van der Waals surface area (Å²) in [4.78, 5) is 0. The van der Waals surface area contributed by atoms with Crippen molar-refractivity contribution in [3.8, 4) is 11.4 Å². The summed E-state index contributed by atoms with van der Waals surface area (Å²) in [6.07, 6.45) is 1.37. The summed E-state index contributed by atoms with van der Waals surface area (Å²) in [6, 6.07) is 5.59. The summed E-state index contributed by atoms with van der Waals surface area (Å²) in [5.41, 5.74) is 8.35. The molecule has 0 saturated carbocycles. The lowest BCUT2D eigenvalue weighted by Crippen LogP contribution is -2.23. The van der Waals surface area contributed by atoms with Gasteiger partial charge >= 0.3 is 0 Å². The Morgan fingerprint density at radius 2 is 2.24 bits per heavy atom. The maximum Gasteiger partial charge on any atom is 0.182 e. The highest BCUT2D eigenvalue weighted by Crippen LogP contribution is 2.25. The van der Waals surface area contributed by atoms with Crippen molar-refractivity contribution in [2.24, 2.45) is 0 Å². The molecule has 1 aromatic carbocycles. The molecule has 7 nitrogen and oxygen atoms in total. The molecule has 21 heavy (non-hydrogen) atoms. The van der Waals surface area contributed by atoms with Crippen LogP contribution in [0.15, 0.2) is 18.2 Å². The van der Waals surface area contributed by atoms with Crippen molar-refractivity contribution in [2.45, 2.75) is 31.6 Å². The molecule has 0 amide bonds. The Labute approximate surface area is 123 Å². The Morgan fingerprint density at radius 1 is 1.43 bits per heavy atom. The molecule has 1 atom stereocenters. The third-order valence-electron chi connectivity index (χ3n) is 3.91. The molecule has 1 unspecified atom stereocenters. The van der Waals surface area contributed by atoms with Gasteiger partial charge in [-0.05, 0) is 41.8 Å². The van der Waals surface area contributed by atoms with Gasteiger partial charge in [-0.1, -0.05) is 12.1 Å². The van der Waals surface area contributed by atoms with E-state index in [0.717, 1.165) is 11.1 Å². The van der Waals surface area contributed by atoms with E-state index in [2.05, 4.69) is 15.5 Å². The van der Waals surface area contributed by atoms with E-state index in [1.54, 1.807) is 10.7 Å². The van der Waals surface area contributed by atoms with E-state index >= 15 is 0 Å². The molecule has 1 fully saturated rings. The van der Waals surface area contributed by atoms with Crippen LogP contribution in [0.1, 0.15) is 18.4 Å². The minimum absolute atomic E-state index is 0.257. The van der Waals surface area contributed by atoms with E-state index in [0.29, 0.717) is 30.9 Å². The zero-order valence-corrected chi connectivity index (χ0v) is 12.5. The van der Waals surface area contributed by atoms with E-state index in [-0.39, 0.29) is 5.75 Å². The number of tetrazole rings is 1. The molecule has 1 aliphatic heterocycles. The molecule has 3 rings (SSSR count). The molecule has 0 aliphatic carbocycles. The molecule has 2 N–H and O–H groups in total. The van der Waals surface area contributed by atoms with Crippen LogP contribution in [0.2, 0.25) is 0 Å². The van der Waals surface area contributed by atoms with Crippen molar-refractivity contribution < 1.29 is 8.42 Å². The van der Waals surface area contributed by atoms with Gasteiger partial charge in [-0.25, -0.2) is 13.1 Å². The third kappa shape index (κ3) is 2.63. The Hall–Kier alpha value is -1.96. The standard InChI is InChI=1S/C13H17N5O2S/c1-9-4-5-10(7-12(9)14)13-15-16-17-18(13)8-11-3-2-6-21(11,19)20/h4-5,7,11H,2-3,6,8,14H2,1H3. The fourth-order valence-corrected chi connectivity index (χ4v) is 4.37. The monoisotopic (exact) mass is 307 g/mol. The van der Waals surface area contributed by atoms with E-state index in [1.807, 2.05) is 19.1 Å². The second-order valence-electron chi connectivity index (χ2n) is 5.39. The number of aromatic nitrogens is 4. The highest BCUT2D eigenvalue weighted by atomic mass is 32.2. The van der Waals surface area contributed by atoms with Crippen molar-refractivity contribution in [1.29, 1.82) is 0 Å². The molecular weight excluding hydrogens is 290 g/mol. The van der Waals surface area contributed by atoms with Crippen molar-refractivity contribution in [2.75, 3.05) is 11.5 Å². The topological polar surface area (TPSA) is 104 Å². The van der Waals surface area contributed by atoms with Gasteiger partial charge in [-0.15, -0.1) is 5.10 Å². The lowest BCUT2D eigenvalue weighted by molar-refractivity contribution is 0.534. The van der Waals surface area contributed by atoms with Gasteiger partial charge in [0.2, 0.25) is 0 Å². The Kier molecular flexibility index (Phi) is 3.40. The molecule has 0 radical (unpaired) electrons. The second-order valence-corrected chi connectivity index (χ2v) is 7.79. The van der Waals surface area contributed by atoms with E-state index in [4.69, 9.17) is 5.73 Å². The average molecular weight is 307 g/mol. The second kappa shape index (κ2) is 5.10. The summed E-state index contributed by atoms with van der Waals surface area (Å²) < 4.78 is 25.4. The van der Waals surface area contributed by atoms with Crippen LogP contribution in [0.3, 0.4) is 0 Å². The summed E-state index contributed by atoms with van der Waals surface area (Å²) in [7, 11) is -3.02. The van der Waals surface area contributed by atoms with Gasteiger partial charge in [0, 0.05) is 11.3 Å². The summed E-state index contributed by atoms with van der Waals surface area (Å²) in [6.45, 7) is 2.21. The molecule has 2 heterocycles. The van der Waals surface area contributed by atoms with Gasteiger partial charge in [-0.2, -0.15) is 0 Å². The first-order chi connectivity index (χ1) is 9.97. The molecule has 112 valence electrons. The number of sulfone groups is 1. The number of anilines is 1. The predicted octanol–water partition coefficient (Wildman–Crippen LogP) is 0.808. The molecule has 1 aromatic heterocycles. The number of hydrogen-bond donors (Lipinski definition) is 1. The van der Waals surface area contributed by atoms with Crippen LogP contribution in [-0.4, -0.2) is 39.6 Å². The fraction of sp³-hybridized carbons (Fsp3) is 0.462. The number of benzene rings is 1. The highest BCUT2D eigenvalue weighted by Gasteiger charge is 2.32. The van der Waals surface area contributed by atoms with Gasteiger partial charge in [0.1, 0.15) is 0 Å². The fourth-order valence-electron chi connectivity index (χ4n) is 2.57. The van der Waals surface area contributed by atoms with Crippen LogP contribution in [0, 0.1) is 6.92 Å². The maximum absolute atomic E-state index is 11.9. The summed E-state index contributed by atoms with van der Waals surface area (Å²) >= 11 is 0. The van der Waals surface area contributed by atoms with Crippen LogP contribution >= 0.6 is 0 Å². The highest BCUT2D eigenvalue weighted by molar-refractivity contribution is 7.92. The van der Waals surface area contributed by atoms with Gasteiger partial charge < -0.3 is 5.73 Å². The first-order valence-electron chi connectivity index (χ1n) is 6.81.